The predicted molar refractivity (Wildman–Crippen MR) is 96.3 cm³/mol. The standard InChI is InChI=1S/C17H27NO6S/c1-6-11-23-25(20,21)12-13-14(9-8-10-15(13)22-7-2)18-16(19)24-17(3,4)5/h8-10H,6-7,11-12H2,1-5H3,(H,18,19). The summed E-state index contributed by atoms with van der Waals surface area (Å²) >= 11 is 0. The van der Waals surface area contributed by atoms with E-state index in [1.165, 1.54) is 0 Å². The number of ether oxygens (including phenoxy) is 2. The van der Waals surface area contributed by atoms with Crippen molar-refractivity contribution in [2.45, 2.75) is 52.4 Å². The number of hydrogen-bond acceptors (Lipinski definition) is 6. The van der Waals surface area contributed by atoms with Gasteiger partial charge in [0.25, 0.3) is 10.1 Å². The van der Waals surface area contributed by atoms with Crippen LogP contribution in [0.3, 0.4) is 0 Å². The summed E-state index contributed by atoms with van der Waals surface area (Å²) in [5.74, 6) is -0.0337. The van der Waals surface area contributed by atoms with Crippen molar-refractivity contribution in [1.29, 1.82) is 0 Å². The van der Waals surface area contributed by atoms with Crippen LogP contribution in [0.2, 0.25) is 0 Å². The molecule has 1 N–H and O–H groups in total. The van der Waals surface area contributed by atoms with Gasteiger partial charge in [-0.25, -0.2) is 4.79 Å². The summed E-state index contributed by atoms with van der Waals surface area (Å²) in [7, 11) is -3.80. The Morgan fingerprint density at radius 3 is 2.44 bits per heavy atom. The van der Waals surface area contributed by atoms with E-state index in [2.05, 4.69) is 5.32 Å². The fourth-order valence-corrected chi connectivity index (χ4v) is 3.12. The summed E-state index contributed by atoms with van der Waals surface area (Å²) in [6, 6.07) is 4.91. The van der Waals surface area contributed by atoms with Gasteiger partial charge in [0.2, 0.25) is 0 Å². The summed E-state index contributed by atoms with van der Waals surface area (Å²) < 4.78 is 40.0. The zero-order valence-electron chi connectivity index (χ0n) is 15.4. The number of benzene rings is 1. The van der Waals surface area contributed by atoms with Crippen LogP contribution in [0.5, 0.6) is 5.75 Å². The molecule has 0 aliphatic rings. The van der Waals surface area contributed by atoms with Crippen LogP contribution < -0.4 is 10.1 Å². The third-order valence-corrected chi connectivity index (χ3v) is 4.02. The van der Waals surface area contributed by atoms with Gasteiger partial charge in [0.15, 0.2) is 0 Å². The molecule has 0 saturated carbocycles. The van der Waals surface area contributed by atoms with Crippen molar-refractivity contribution in [2.75, 3.05) is 18.5 Å². The summed E-state index contributed by atoms with van der Waals surface area (Å²) in [4.78, 5) is 12.0. The number of amides is 1. The molecule has 8 heteroatoms. The minimum atomic E-state index is -3.80. The lowest BCUT2D eigenvalue weighted by molar-refractivity contribution is 0.0635. The molecule has 0 bridgehead atoms. The van der Waals surface area contributed by atoms with Gasteiger partial charge in [0, 0.05) is 5.56 Å². The average Bonchev–Trinajstić information content (AvgIpc) is 2.46. The molecule has 0 radical (unpaired) electrons. The summed E-state index contributed by atoms with van der Waals surface area (Å²) in [6.45, 7) is 9.30. The van der Waals surface area contributed by atoms with Crippen LogP contribution in [0.4, 0.5) is 10.5 Å². The Hall–Kier alpha value is -1.80. The van der Waals surface area contributed by atoms with Gasteiger partial charge in [-0.3, -0.25) is 9.50 Å². The van der Waals surface area contributed by atoms with E-state index in [9.17, 15) is 13.2 Å². The second-order valence-corrected chi connectivity index (χ2v) is 8.01. The van der Waals surface area contributed by atoms with E-state index in [0.717, 1.165) is 0 Å². The summed E-state index contributed by atoms with van der Waals surface area (Å²) in [5, 5.41) is 2.58. The Kier molecular flexibility index (Phi) is 7.69. The Morgan fingerprint density at radius 1 is 1.20 bits per heavy atom. The molecule has 0 aliphatic heterocycles. The molecular formula is C17H27NO6S. The third kappa shape index (κ3) is 7.74. The highest BCUT2D eigenvalue weighted by molar-refractivity contribution is 7.85. The van der Waals surface area contributed by atoms with Gasteiger partial charge in [0.05, 0.1) is 18.9 Å². The molecule has 1 amide bonds. The molecule has 0 spiro atoms. The molecular weight excluding hydrogens is 346 g/mol. The van der Waals surface area contributed by atoms with Gasteiger partial charge in [0.1, 0.15) is 17.1 Å². The zero-order chi connectivity index (χ0) is 19.1. The van der Waals surface area contributed by atoms with Crippen LogP contribution in [0.1, 0.15) is 46.6 Å². The predicted octanol–water partition coefficient (Wildman–Crippen LogP) is 3.69. The van der Waals surface area contributed by atoms with Gasteiger partial charge in [-0.15, -0.1) is 0 Å². The van der Waals surface area contributed by atoms with Crippen molar-refractivity contribution < 1.29 is 26.9 Å². The molecule has 1 rings (SSSR count). The number of carbonyl (C=O) groups is 1. The van der Waals surface area contributed by atoms with Crippen LogP contribution in [-0.2, 0) is 24.8 Å². The van der Waals surface area contributed by atoms with Crippen molar-refractivity contribution in [3.05, 3.63) is 23.8 Å². The SMILES string of the molecule is CCCOS(=O)(=O)Cc1c(NC(=O)OC(C)(C)C)cccc1OCC. The minimum Gasteiger partial charge on any atom is -0.493 e. The first kappa shape index (κ1) is 21.2. The van der Waals surface area contributed by atoms with Gasteiger partial charge in [-0.2, -0.15) is 8.42 Å². The Labute approximate surface area is 149 Å². The van der Waals surface area contributed by atoms with Gasteiger partial charge < -0.3 is 9.47 Å². The Balaban J connectivity index is 3.12. The molecule has 0 heterocycles. The second-order valence-electron chi connectivity index (χ2n) is 6.37. The van der Waals surface area contributed by atoms with E-state index in [1.807, 2.05) is 6.92 Å². The molecule has 1 aromatic rings. The molecule has 7 nitrogen and oxygen atoms in total. The smallest absolute Gasteiger partial charge is 0.412 e. The lowest BCUT2D eigenvalue weighted by Gasteiger charge is -2.21. The van der Waals surface area contributed by atoms with E-state index in [4.69, 9.17) is 13.7 Å². The first-order chi connectivity index (χ1) is 11.6. The van der Waals surface area contributed by atoms with Crippen molar-refractivity contribution >= 4 is 21.9 Å². The highest BCUT2D eigenvalue weighted by Gasteiger charge is 2.22. The fraction of sp³-hybridized carbons (Fsp3) is 0.588. The Bertz CT molecular complexity index is 679. The minimum absolute atomic E-state index is 0.105. The Morgan fingerprint density at radius 2 is 1.88 bits per heavy atom. The normalized spacial score (nSPS) is 11.9. The van der Waals surface area contributed by atoms with Gasteiger partial charge in [-0.05, 0) is 46.2 Å². The number of nitrogens with one attached hydrogen (secondary N) is 1. The van der Waals surface area contributed by atoms with Crippen LogP contribution in [0, 0.1) is 0 Å². The second kappa shape index (κ2) is 9.05. The van der Waals surface area contributed by atoms with E-state index in [-0.39, 0.29) is 6.61 Å². The quantitative estimate of drug-likeness (QED) is 0.699. The number of carbonyl (C=O) groups excluding carboxylic acids is 1. The van der Waals surface area contributed by atoms with Crippen LogP contribution in [0.15, 0.2) is 18.2 Å². The summed E-state index contributed by atoms with van der Waals surface area (Å²) in [6.07, 6.45) is -0.0932. The molecule has 0 fully saturated rings. The number of anilines is 1. The number of rotatable bonds is 8. The monoisotopic (exact) mass is 373 g/mol. The zero-order valence-corrected chi connectivity index (χ0v) is 16.2. The maximum atomic E-state index is 12.2. The largest absolute Gasteiger partial charge is 0.493 e. The fourth-order valence-electron chi connectivity index (χ4n) is 1.96. The topological polar surface area (TPSA) is 90.9 Å². The molecule has 0 aromatic heterocycles. The maximum Gasteiger partial charge on any atom is 0.412 e. The lowest BCUT2D eigenvalue weighted by Crippen LogP contribution is -2.27. The lowest BCUT2D eigenvalue weighted by atomic mass is 10.1. The molecule has 25 heavy (non-hydrogen) atoms. The number of hydrogen-bond donors (Lipinski definition) is 1. The third-order valence-electron chi connectivity index (χ3n) is 2.86. The van der Waals surface area contributed by atoms with E-state index >= 15 is 0 Å². The maximum absolute atomic E-state index is 12.2. The highest BCUT2D eigenvalue weighted by atomic mass is 32.2. The first-order valence-electron chi connectivity index (χ1n) is 8.19. The van der Waals surface area contributed by atoms with Crippen molar-refractivity contribution in [3.8, 4) is 5.75 Å². The highest BCUT2D eigenvalue weighted by Crippen LogP contribution is 2.29. The van der Waals surface area contributed by atoms with Crippen molar-refractivity contribution in [2.24, 2.45) is 0 Å². The first-order valence-corrected chi connectivity index (χ1v) is 9.77. The van der Waals surface area contributed by atoms with Crippen molar-refractivity contribution in [1.82, 2.24) is 0 Å². The van der Waals surface area contributed by atoms with Crippen molar-refractivity contribution in [3.63, 3.8) is 0 Å². The van der Waals surface area contributed by atoms with Gasteiger partial charge >= 0.3 is 6.09 Å². The van der Waals surface area contributed by atoms with E-state index in [1.54, 1.807) is 45.9 Å². The van der Waals surface area contributed by atoms with E-state index < -0.39 is 27.6 Å². The molecule has 0 unspecified atom stereocenters. The van der Waals surface area contributed by atoms with Crippen LogP contribution in [0.25, 0.3) is 0 Å². The van der Waals surface area contributed by atoms with Gasteiger partial charge in [-0.1, -0.05) is 13.0 Å². The molecule has 0 atom stereocenters. The molecule has 0 saturated heterocycles. The van der Waals surface area contributed by atoms with Crippen LogP contribution >= 0.6 is 0 Å². The molecule has 0 aliphatic carbocycles. The summed E-state index contributed by atoms with van der Waals surface area (Å²) in [5.41, 5.74) is -0.0341. The molecule has 1 aromatic carbocycles. The van der Waals surface area contributed by atoms with Crippen LogP contribution in [-0.4, -0.2) is 33.3 Å². The average molecular weight is 373 g/mol. The molecule has 142 valence electrons. The van der Waals surface area contributed by atoms with E-state index in [0.29, 0.717) is 30.0 Å².